The zero-order chi connectivity index (χ0) is 11.3. The number of aliphatic carboxylic acids is 1. The smallest absolute Gasteiger partial charge is 0.321 e. The maximum atomic E-state index is 10.4. The van der Waals surface area contributed by atoms with Crippen LogP contribution < -0.4 is 5.73 Å². The van der Waals surface area contributed by atoms with Gasteiger partial charge in [0.05, 0.1) is 6.20 Å². The molecule has 1 unspecified atom stereocenters. The Bertz CT molecular complexity index is 327. The topological polar surface area (TPSA) is 81.1 Å². The third-order valence-corrected chi connectivity index (χ3v) is 3.03. The molecule has 0 amide bonds. The summed E-state index contributed by atoms with van der Waals surface area (Å²) in [6, 6.07) is -0.781. The normalized spacial score (nSPS) is 12.7. The average molecular weight is 229 g/mol. The third-order valence-electron chi connectivity index (χ3n) is 1.89. The highest BCUT2D eigenvalue weighted by Gasteiger charge is 2.10. The van der Waals surface area contributed by atoms with Crippen molar-refractivity contribution >= 4 is 17.7 Å². The molecule has 1 atom stereocenters. The number of thioether (sulfide) groups is 1. The van der Waals surface area contributed by atoms with Crippen LogP contribution in [-0.2, 0) is 17.1 Å². The second-order valence-electron chi connectivity index (χ2n) is 3.16. The minimum Gasteiger partial charge on any atom is -0.480 e. The molecule has 0 aliphatic heterocycles. The van der Waals surface area contributed by atoms with Gasteiger partial charge in [0.25, 0.3) is 0 Å². The van der Waals surface area contributed by atoms with Crippen LogP contribution in [0.2, 0.25) is 0 Å². The van der Waals surface area contributed by atoms with Gasteiger partial charge in [0.1, 0.15) is 6.04 Å². The van der Waals surface area contributed by atoms with Crippen LogP contribution in [0.25, 0.3) is 0 Å². The molecule has 1 aromatic rings. The summed E-state index contributed by atoms with van der Waals surface area (Å²) in [6.45, 7) is 2.86. The van der Waals surface area contributed by atoms with Crippen molar-refractivity contribution in [1.82, 2.24) is 9.78 Å². The van der Waals surface area contributed by atoms with E-state index in [0.29, 0.717) is 5.75 Å². The predicted molar refractivity (Wildman–Crippen MR) is 59.7 cm³/mol. The van der Waals surface area contributed by atoms with Crippen molar-refractivity contribution in [1.29, 1.82) is 0 Å². The molecule has 5 nitrogen and oxygen atoms in total. The fraction of sp³-hybridized carbons (Fsp3) is 0.556. The number of carboxylic acids is 1. The van der Waals surface area contributed by atoms with Crippen LogP contribution in [-0.4, -0.2) is 32.7 Å². The Morgan fingerprint density at radius 1 is 1.80 bits per heavy atom. The molecule has 0 fully saturated rings. The largest absolute Gasteiger partial charge is 0.480 e. The van der Waals surface area contributed by atoms with Gasteiger partial charge in [-0.15, -0.1) is 0 Å². The van der Waals surface area contributed by atoms with Gasteiger partial charge in [0.15, 0.2) is 0 Å². The number of nitrogens with zero attached hydrogens (tertiary/aromatic N) is 2. The molecule has 0 saturated heterocycles. The number of nitrogens with two attached hydrogens (primary N) is 1. The van der Waals surface area contributed by atoms with Crippen molar-refractivity contribution in [2.75, 3.05) is 5.75 Å². The summed E-state index contributed by atoms with van der Waals surface area (Å²) in [7, 11) is 0. The maximum Gasteiger partial charge on any atom is 0.321 e. The summed E-state index contributed by atoms with van der Waals surface area (Å²) in [4.78, 5) is 10.4. The van der Waals surface area contributed by atoms with Crippen molar-refractivity contribution < 1.29 is 9.90 Å². The molecule has 0 saturated carbocycles. The lowest BCUT2D eigenvalue weighted by Crippen LogP contribution is -2.32. The first kappa shape index (κ1) is 12.1. The van der Waals surface area contributed by atoms with E-state index < -0.39 is 12.0 Å². The summed E-state index contributed by atoms with van der Waals surface area (Å²) < 4.78 is 1.84. The molecule has 0 bridgehead atoms. The maximum absolute atomic E-state index is 10.4. The van der Waals surface area contributed by atoms with E-state index >= 15 is 0 Å². The molecule has 0 aliphatic rings. The highest BCUT2D eigenvalue weighted by molar-refractivity contribution is 7.98. The first-order chi connectivity index (χ1) is 7.13. The van der Waals surface area contributed by atoms with Gasteiger partial charge >= 0.3 is 5.97 Å². The third kappa shape index (κ3) is 3.93. The molecule has 1 rings (SSSR count). The highest BCUT2D eigenvalue weighted by Crippen LogP contribution is 2.11. The van der Waals surface area contributed by atoms with Crippen molar-refractivity contribution in [2.45, 2.75) is 25.3 Å². The lowest BCUT2D eigenvalue weighted by molar-refractivity contribution is -0.137. The van der Waals surface area contributed by atoms with Crippen molar-refractivity contribution in [3.63, 3.8) is 0 Å². The molecule has 84 valence electrons. The Morgan fingerprint density at radius 3 is 3.07 bits per heavy atom. The zero-order valence-electron chi connectivity index (χ0n) is 8.59. The number of hydrogen-bond donors (Lipinski definition) is 2. The lowest BCUT2D eigenvalue weighted by Gasteiger charge is -2.04. The summed E-state index contributed by atoms with van der Waals surface area (Å²) in [5.74, 6) is 0.222. The summed E-state index contributed by atoms with van der Waals surface area (Å²) in [5.41, 5.74) is 6.47. The minimum atomic E-state index is -0.952. The number of carbonyl (C=O) groups is 1. The van der Waals surface area contributed by atoms with E-state index in [2.05, 4.69) is 5.10 Å². The number of carboxylic acid groups (broad SMARTS) is 1. The fourth-order valence-electron chi connectivity index (χ4n) is 1.03. The molecule has 0 aromatic carbocycles. The molecule has 1 aromatic heterocycles. The van der Waals surface area contributed by atoms with Crippen LogP contribution in [0.1, 0.15) is 12.5 Å². The van der Waals surface area contributed by atoms with Crippen LogP contribution in [0.4, 0.5) is 0 Å². The average Bonchev–Trinajstić information content (AvgIpc) is 2.65. The van der Waals surface area contributed by atoms with Crippen molar-refractivity contribution in [2.24, 2.45) is 5.73 Å². The molecule has 1 heterocycles. The second kappa shape index (κ2) is 5.77. The fourth-order valence-corrected chi connectivity index (χ4v) is 1.93. The van der Waals surface area contributed by atoms with E-state index in [1.165, 1.54) is 11.8 Å². The Hall–Kier alpha value is -1.01. The Morgan fingerprint density at radius 2 is 2.53 bits per heavy atom. The Kier molecular flexibility index (Phi) is 4.64. The monoisotopic (exact) mass is 229 g/mol. The quantitative estimate of drug-likeness (QED) is 0.744. The lowest BCUT2D eigenvalue weighted by atomic mass is 10.4. The minimum absolute atomic E-state index is 0.423. The van der Waals surface area contributed by atoms with Crippen molar-refractivity contribution in [3.8, 4) is 0 Å². The van der Waals surface area contributed by atoms with Gasteiger partial charge in [0.2, 0.25) is 0 Å². The molecule has 6 heteroatoms. The first-order valence-corrected chi connectivity index (χ1v) is 5.86. The van der Waals surface area contributed by atoms with Gasteiger partial charge < -0.3 is 10.8 Å². The molecule has 0 radical (unpaired) electrons. The van der Waals surface area contributed by atoms with E-state index in [1.807, 2.05) is 17.8 Å². The zero-order valence-corrected chi connectivity index (χ0v) is 9.41. The number of aromatic nitrogens is 2. The van der Waals surface area contributed by atoms with Crippen LogP contribution in [0, 0.1) is 0 Å². The van der Waals surface area contributed by atoms with Crippen LogP contribution >= 0.6 is 11.8 Å². The van der Waals surface area contributed by atoms with Gasteiger partial charge in [0, 0.05) is 24.2 Å². The van der Waals surface area contributed by atoms with E-state index in [-0.39, 0.29) is 0 Å². The summed E-state index contributed by atoms with van der Waals surface area (Å²) >= 11 is 1.51. The standard InChI is InChI=1S/C9H15N3O2S/c1-2-12-4-7(3-11-12)5-15-6-8(10)9(13)14/h3-4,8H,2,5-6,10H2,1H3,(H,13,14). The molecule has 15 heavy (non-hydrogen) atoms. The van der Waals surface area contributed by atoms with Gasteiger partial charge in [-0.05, 0) is 12.5 Å². The molecular formula is C9H15N3O2S. The summed E-state index contributed by atoms with van der Waals surface area (Å²) in [5, 5.41) is 12.7. The number of hydrogen-bond acceptors (Lipinski definition) is 4. The Balaban J connectivity index is 2.28. The molecule has 3 N–H and O–H groups in total. The molecule has 0 spiro atoms. The highest BCUT2D eigenvalue weighted by atomic mass is 32.2. The van der Waals surface area contributed by atoms with E-state index in [1.54, 1.807) is 6.20 Å². The van der Waals surface area contributed by atoms with Gasteiger partial charge in [-0.25, -0.2) is 0 Å². The molecular weight excluding hydrogens is 214 g/mol. The van der Waals surface area contributed by atoms with Crippen LogP contribution in [0.3, 0.4) is 0 Å². The van der Waals surface area contributed by atoms with Crippen molar-refractivity contribution in [3.05, 3.63) is 18.0 Å². The van der Waals surface area contributed by atoms with Gasteiger partial charge in [-0.1, -0.05) is 0 Å². The number of aryl methyl sites for hydroxylation is 1. The van der Waals surface area contributed by atoms with Gasteiger partial charge in [-0.3, -0.25) is 9.48 Å². The first-order valence-electron chi connectivity index (χ1n) is 4.71. The van der Waals surface area contributed by atoms with Gasteiger partial charge in [-0.2, -0.15) is 16.9 Å². The van der Waals surface area contributed by atoms with Crippen LogP contribution in [0.5, 0.6) is 0 Å². The Labute approximate surface area is 92.6 Å². The second-order valence-corrected chi connectivity index (χ2v) is 4.19. The molecule has 0 aliphatic carbocycles. The summed E-state index contributed by atoms with van der Waals surface area (Å²) in [6.07, 6.45) is 3.75. The number of rotatable bonds is 6. The predicted octanol–water partition coefficient (Wildman–Crippen LogP) is 0.548. The SMILES string of the molecule is CCn1cc(CSCC(N)C(=O)O)cn1. The van der Waals surface area contributed by atoms with E-state index in [0.717, 1.165) is 17.9 Å². The van der Waals surface area contributed by atoms with E-state index in [9.17, 15) is 4.79 Å². The van der Waals surface area contributed by atoms with Crippen LogP contribution in [0.15, 0.2) is 12.4 Å². The van der Waals surface area contributed by atoms with E-state index in [4.69, 9.17) is 10.8 Å².